The number of nitrogens with zero attached hydrogens (tertiary/aromatic N) is 3. The molecule has 7 heteroatoms. The van der Waals surface area contributed by atoms with Gasteiger partial charge in [-0.1, -0.05) is 42.1 Å². The van der Waals surface area contributed by atoms with Crippen molar-refractivity contribution in [1.82, 2.24) is 19.5 Å². The van der Waals surface area contributed by atoms with Crippen LogP contribution in [0.25, 0.3) is 0 Å². The molecule has 3 aromatic rings. The van der Waals surface area contributed by atoms with Crippen LogP contribution in [-0.4, -0.2) is 19.5 Å². The number of rotatable bonds is 6. The van der Waals surface area contributed by atoms with E-state index < -0.39 is 6.55 Å². The zero-order chi connectivity index (χ0) is 16.2. The lowest BCUT2D eigenvalue weighted by Gasteiger charge is -2.04. The number of hydrogen-bond acceptors (Lipinski definition) is 3. The lowest BCUT2D eigenvalue weighted by Crippen LogP contribution is -2.02. The van der Waals surface area contributed by atoms with E-state index in [2.05, 4.69) is 27.1 Å². The number of nitrogens with one attached hydrogen (secondary N) is 1. The highest BCUT2D eigenvalue weighted by Gasteiger charge is 2.13. The van der Waals surface area contributed by atoms with E-state index in [0.717, 1.165) is 27.5 Å². The van der Waals surface area contributed by atoms with Crippen LogP contribution in [0.4, 0.5) is 8.78 Å². The fraction of sp³-hybridized carbons (Fsp3) is 0.250. The van der Waals surface area contributed by atoms with Crippen LogP contribution in [-0.2, 0) is 12.2 Å². The van der Waals surface area contributed by atoms with Crippen molar-refractivity contribution in [2.75, 3.05) is 0 Å². The Kier molecular flexibility index (Phi) is 4.76. The monoisotopic (exact) mass is 334 g/mol. The number of hydrogen-bond donors (Lipinski definition) is 1. The van der Waals surface area contributed by atoms with Gasteiger partial charge in [-0.25, -0.2) is 9.97 Å². The molecule has 0 unspecified atom stereocenters. The number of thioether (sulfide) groups is 1. The largest absolute Gasteiger partial charge is 0.337 e. The van der Waals surface area contributed by atoms with E-state index in [1.807, 2.05) is 25.1 Å². The van der Waals surface area contributed by atoms with Gasteiger partial charge in [0.15, 0.2) is 5.16 Å². The Hall–Kier alpha value is -2.15. The van der Waals surface area contributed by atoms with Gasteiger partial charge in [-0.05, 0) is 12.5 Å². The van der Waals surface area contributed by atoms with Crippen molar-refractivity contribution in [1.29, 1.82) is 0 Å². The summed E-state index contributed by atoms with van der Waals surface area (Å²) in [6.07, 6.45) is 3.42. The van der Waals surface area contributed by atoms with Gasteiger partial charge in [-0.3, -0.25) is 4.57 Å². The normalized spacial score (nSPS) is 11.3. The number of H-pyrrole nitrogens is 1. The van der Waals surface area contributed by atoms with Crippen molar-refractivity contribution in [2.45, 2.75) is 30.8 Å². The van der Waals surface area contributed by atoms with Gasteiger partial charge in [0.25, 0.3) is 0 Å². The third kappa shape index (κ3) is 3.79. The molecular formula is C16H16F2N4S. The minimum atomic E-state index is -2.57. The van der Waals surface area contributed by atoms with Gasteiger partial charge in [0.2, 0.25) is 0 Å². The Morgan fingerprint density at radius 2 is 2.04 bits per heavy atom. The third-order valence-electron chi connectivity index (χ3n) is 3.48. The quantitative estimate of drug-likeness (QED) is 0.688. The van der Waals surface area contributed by atoms with E-state index in [4.69, 9.17) is 0 Å². The Bertz CT molecular complexity index is 767. The van der Waals surface area contributed by atoms with Crippen molar-refractivity contribution >= 4 is 11.8 Å². The summed E-state index contributed by atoms with van der Waals surface area (Å²) < 4.78 is 26.4. The van der Waals surface area contributed by atoms with Crippen LogP contribution in [0.1, 0.15) is 29.3 Å². The second kappa shape index (κ2) is 6.95. The van der Waals surface area contributed by atoms with Crippen LogP contribution in [0.3, 0.4) is 0 Å². The molecule has 0 aliphatic heterocycles. The maximum atomic E-state index is 12.8. The van der Waals surface area contributed by atoms with Gasteiger partial charge < -0.3 is 4.98 Å². The number of aromatic nitrogens is 4. The maximum absolute atomic E-state index is 12.8. The molecule has 2 aromatic heterocycles. The van der Waals surface area contributed by atoms with Crippen molar-refractivity contribution in [3.8, 4) is 0 Å². The minimum absolute atomic E-state index is 0.337. The molecule has 3 rings (SSSR count). The van der Waals surface area contributed by atoms with E-state index >= 15 is 0 Å². The van der Waals surface area contributed by atoms with Gasteiger partial charge >= 0.3 is 6.55 Å². The molecule has 0 radical (unpaired) electrons. The fourth-order valence-corrected chi connectivity index (χ4v) is 3.15. The average molecular weight is 334 g/mol. The Labute approximate surface area is 137 Å². The molecule has 0 atom stereocenters. The summed E-state index contributed by atoms with van der Waals surface area (Å²) in [5, 5.41) is 0.720. The zero-order valence-corrected chi connectivity index (χ0v) is 13.4. The highest BCUT2D eigenvalue weighted by atomic mass is 32.2. The van der Waals surface area contributed by atoms with E-state index in [0.29, 0.717) is 11.6 Å². The smallest absolute Gasteiger partial charge is 0.319 e. The van der Waals surface area contributed by atoms with Gasteiger partial charge in [-0.15, -0.1) is 0 Å². The molecule has 0 bridgehead atoms. The molecule has 120 valence electrons. The van der Waals surface area contributed by atoms with Crippen molar-refractivity contribution in [3.05, 3.63) is 65.5 Å². The minimum Gasteiger partial charge on any atom is -0.337 e. The summed E-state index contributed by atoms with van der Waals surface area (Å²) in [6.45, 7) is -0.602. The summed E-state index contributed by atoms with van der Waals surface area (Å²) in [7, 11) is 0. The first-order chi connectivity index (χ1) is 11.1. The highest BCUT2D eigenvalue weighted by molar-refractivity contribution is 7.98. The molecule has 1 aromatic carbocycles. The molecule has 0 aliphatic rings. The van der Waals surface area contributed by atoms with Crippen molar-refractivity contribution in [3.63, 3.8) is 0 Å². The van der Waals surface area contributed by atoms with Gasteiger partial charge in [-0.2, -0.15) is 8.78 Å². The van der Waals surface area contributed by atoms with E-state index in [1.54, 1.807) is 0 Å². The Balaban J connectivity index is 1.68. The van der Waals surface area contributed by atoms with Crippen LogP contribution >= 0.6 is 11.8 Å². The molecule has 0 saturated heterocycles. The van der Waals surface area contributed by atoms with E-state index in [9.17, 15) is 8.78 Å². The molecule has 0 amide bonds. The lowest BCUT2D eigenvalue weighted by atomic mass is 10.1. The molecule has 0 saturated carbocycles. The number of halogens is 2. The first-order valence-corrected chi connectivity index (χ1v) is 8.14. The van der Waals surface area contributed by atoms with Gasteiger partial charge in [0.1, 0.15) is 5.82 Å². The first kappa shape index (κ1) is 15.7. The van der Waals surface area contributed by atoms with Crippen LogP contribution < -0.4 is 0 Å². The fourth-order valence-electron chi connectivity index (χ4n) is 2.26. The number of aryl methyl sites for hydroxylation is 1. The number of aromatic amines is 1. The molecular weight excluding hydrogens is 318 g/mol. The van der Waals surface area contributed by atoms with Crippen molar-refractivity contribution < 1.29 is 8.78 Å². The predicted octanol–water partition coefficient (Wildman–Crippen LogP) is 4.19. The molecule has 2 heterocycles. The highest BCUT2D eigenvalue weighted by Crippen LogP contribution is 2.23. The molecule has 23 heavy (non-hydrogen) atoms. The predicted molar refractivity (Wildman–Crippen MR) is 85.6 cm³/mol. The molecule has 0 fully saturated rings. The van der Waals surface area contributed by atoms with E-state index in [1.165, 1.54) is 29.7 Å². The topological polar surface area (TPSA) is 46.5 Å². The number of benzene rings is 1. The summed E-state index contributed by atoms with van der Waals surface area (Å²) in [5.41, 5.74) is 3.15. The average Bonchev–Trinajstić information content (AvgIpc) is 3.13. The number of alkyl halides is 2. The summed E-state index contributed by atoms with van der Waals surface area (Å²) in [4.78, 5) is 11.7. The van der Waals surface area contributed by atoms with Crippen molar-refractivity contribution in [2.24, 2.45) is 0 Å². The molecule has 0 aliphatic carbocycles. The van der Waals surface area contributed by atoms with Crippen LogP contribution in [0.15, 0.2) is 47.9 Å². The summed E-state index contributed by atoms with van der Waals surface area (Å²) in [5.74, 6) is 0.679. The Morgan fingerprint density at radius 1 is 1.26 bits per heavy atom. The van der Waals surface area contributed by atoms with Gasteiger partial charge in [0.05, 0.1) is 11.4 Å². The first-order valence-electron chi connectivity index (χ1n) is 7.15. The van der Waals surface area contributed by atoms with Gasteiger partial charge in [0, 0.05) is 24.5 Å². The second-order valence-electron chi connectivity index (χ2n) is 5.09. The molecule has 1 N–H and O–H groups in total. The summed E-state index contributed by atoms with van der Waals surface area (Å²) in [6, 6.07) is 10.1. The van der Waals surface area contributed by atoms with Crippen LogP contribution in [0.2, 0.25) is 0 Å². The standard InChI is InChI=1S/C16H16F2N4S/c1-11-13(9-12-5-3-2-4-6-12)21-16(20-11)23-10-14-19-7-8-22(14)15(17)18/h2-8,15H,9-10H2,1H3,(H,20,21). The number of imidazole rings is 2. The van der Waals surface area contributed by atoms with E-state index in [-0.39, 0.29) is 0 Å². The summed E-state index contributed by atoms with van der Waals surface area (Å²) >= 11 is 1.37. The maximum Gasteiger partial charge on any atom is 0.319 e. The van der Waals surface area contributed by atoms with Crippen LogP contribution in [0, 0.1) is 6.92 Å². The van der Waals surface area contributed by atoms with Crippen LogP contribution in [0.5, 0.6) is 0 Å². The lowest BCUT2D eigenvalue weighted by molar-refractivity contribution is 0.0678. The molecule has 0 spiro atoms. The second-order valence-corrected chi connectivity index (χ2v) is 6.06. The Morgan fingerprint density at radius 3 is 2.78 bits per heavy atom. The molecule has 4 nitrogen and oxygen atoms in total. The zero-order valence-electron chi connectivity index (χ0n) is 12.5. The third-order valence-corrected chi connectivity index (χ3v) is 4.34. The SMILES string of the molecule is Cc1[nH]c(SCc2nccn2C(F)F)nc1Cc1ccccc1.